The van der Waals surface area contributed by atoms with Crippen LogP contribution in [-0.4, -0.2) is 11.5 Å². The molecule has 3 aromatic rings. The van der Waals surface area contributed by atoms with E-state index in [2.05, 4.69) is 34.1 Å². The van der Waals surface area contributed by atoms with Crippen molar-refractivity contribution in [1.82, 2.24) is 4.98 Å². The first-order valence-electron chi connectivity index (χ1n) is 7.77. The Balaban J connectivity index is 1.83. The molecule has 0 atom stereocenters. The van der Waals surface area contributed by atoms with Crippen LogP contribution in [0, 0.1) is 6.92 Å². The third kappa shape index (κ3) is 2.41. The van der Waals surface area contributed by atoms with E-state index in [-0.39, 0.29) is 5.56 Å². The quantitative estimate of drug-likeness (QED) is 0.772. The number of hydrogen-bond acceptors (Lipinski definition) is 2. The molecule has 0 amide bonds. The molecule has 0 saturated heterocycles. The number of pyridine rings is 1. The van der Waals surface area contributed by atoms with E-state index < -0.39 is 0 Å². The van der Waals surface area contributed by atoms with E-state index in [1.165, 1.54) is 11.3 Å². The maximum absolute atomic E-state index is 12.2. The highest BCUT2D eigenvalue weighted by atomic mass is 35.5. The zero-order chi connectivity index (χ0) is 16.0. The van der Waals surface area contributed by atoms with Gasteiger partial charge in [-0.25, -0.2) is 0 Å². The van der Waals surface area contributed by atoms with Gasteiger partial charge in [-0.2, -0.15) is 0 Å². The van der Waals surface area contributed by atoms with E-state index in [9.17, 15) is 4.79 Å². The Hall–Kier alpha value is -2.26. The summed E-state index contributed by atoms with van der Waals surface area (Å²) in [6.07, 6.45) is 1.07. The van der Waals surface area contributed by atoms with Crippen molar-refractivity contribution in [1.29, 1.82) is 0 Å². The molecule has 3 nitrogen and oxygen atoms in total. The molecule has 4 heteroatoms. The minimum atomic E-state index is -0.0782. The number of para-hydroxylation sites is 1. The first-order chi connectivity index (χ1) is 11.1. The number of anilines is 1. The van der Waals surface area contributed by atoms with Gasteiger partial charge in [-0.3, -0.25) is 4.79 Å². The normalized spacial score (nSPS) is 13.6. The molecule has 116 valence electrons. The largest absolute Gasteiger partial charge is 0.367 e. The van der Waals surface area contributed by atoms with Crippen molar-refractivity contribution in [2.24, 2.45) is 0 Å². The molecule has 0 fully saturated rings. The van der Waals surface area contributed by atoms with E-state index in [4.69, 9.17) is 11.6 Å². The van der Waals surface area contributed by atoms with Crippen molar-refractivity contribution in [3.05, 3.63) is 74.7 Å². The van der Waals surface area contributed by atoms with Gasteiger partial charge >= 0.3 is 0 Å². The fraction of sp³-hybridized carbons (Fsp3) is 0.211. The number of H-pyrrole nitrogens is 1. The maximum atomic E-state index is 12.2. The monoisotopic (exact) mass is 324 g/mol. The summed E-state index contributed by atoms with van der Waals surface area (Å²) in [5, 5.41) is 2.23. The number of aromatic amines is 1. The molecule has 1 aliphatic heterocycles. The average molecular weight is 325 g/mol. The van der Waals surface area contributed by atoms with Gasteiger partial charge in [-0.05, 0) is 48.1 Å². The number of fused-ring (bicyclic) bond motifs is 2. The summed E-state index contributed by atoms with van der Waals surface area (Å²) in [7, 11) is 0. The highest BCUT2D eigenvalue weighted by molar-refractivity contribution is 6.31. The van der Waals surface area contributed by atoms with Gasteiger partial charge < -0.3 is 9.88 Å². The zero-order valence-corrected chi connectivity index (χ0v) is 13.7. The third-order valence-corrected chi connectivity index (χ3v) is 4.87. The van der Waals surface area contributed by atoms with E-state index in [0.717, 1.165) is 36.2 Å². The summed E-state index contributed by atoms with van der Waals surface area (Å²) in [6.45, 7) is 3.76. The lowest BCUT2D eigenvalue weighted by molar-refractivity contribution is 0.830. The molecule has 1 aromatic heterocycles. The molecule has 0 bridgehead atoms. The Morgan fingerprint density at radius 3 is 2.87 bits per heavy atom. The van der Waals surface area contributed by atoms with Gasteiger partial charge in [0.2, 0.25) is 0 Å². The minimum absolute atomic E-state index is 0.0782. The van der Waals surface area contributed by atoms with Crippen LogP contribution in [0.25, 0.3) is 10.8 Å². The molecule has 0 unspecified atom stereocenters. The topological polar surface area (TPSA) is 36.1 Å². The van der Waals surface area contributed by atoms with Crippen LogP contribution >= 0.6 is 11.6 Å². The van der Waals surface area contributed by atoms with Crippen molar-refractivity contribution < 1.29 is 0 Å². The van der Waals surface area contributed by atoms with E-state index >= 15 is 0 Å². The highest BCUT2D eigenvalue weighted by Gasteiger charge is 2.20. The van der Waals surface area contributed by atoms with E-state index in [0.29, 0.717) is 10.4 Å². The molecule has 2 heterocycles. The van der Waals surface area contributed by atoms with Gasteiger partial charge in [0.05, 0.1) is 0 Å². The van der Waals surface area contributed by atoms with Gasteiger partial charge in [0.1, 0.15) is 0 Å². The first-order valence-corrected chi connectivity index (χ1v) is 8.15. The average Bonchev–Trinajstić information content (AvgIpc) is 2.95. The second-order valence-electron chi connectivity index (χ2n) is 6.05. The maximum Gasteiger partial charge on any atom is 0.256 e. The smallest absolute Gasteiger partial charge is 0.256 e. The molecular formula is C19H17ClN2O. The number of nitrogens with one attached hydrogen (secondary N) is 1. The number of aromatic nitrogens is 1. The van der Waals surface area contributed by atoms with Crippen LogP contribution in [0.4, 0.5) is 5.69 Å². The number of rotatable bonds is 2. The summed E-state index contributed by atoms with van der Waals surface area (Å²) in [5.41, 5.74) is 4.69. The van der Waals surface area contributed by atoms with Crippen molar-refractivity contribution in [3.8, 4) is 0 Å². The molecule has 0 spiro atoms. The van der Waals surface area contributed by atoms with Crippen LogP contribution < -0.4 is 10.5 Å². The van der Waals surface area contributed by atoms with Crippen LogP contribution in [-0.2, 0) is 13.0 Å². The highest BCUT2D eigenvalue weighted by Crippen LogP contribution is 2.31. The van der Waals surface area contributed by atoms with Crippen LogP contribution in [0.3, 0.4) is 0 Å². The molecule has 23 heavy (non-hydrogen) atoms. The number of nitrogens with zero attached hydrogens (tertiary/aromatic N) is 1. The Morgan fingerprint density at radius 2 is 2.00 bits per heavy atom. The standard InChI is InChI=1S/C19H17ClN2O/c1-12-17(11-22-9-8-13-4-2-3-5-18(13)22)15-7-6-14(20)10-16(15)19(23)21-12/h2-7,10H,8-9,11H2,1H3,(H,21,23). The summed E-state index contributed by atoms with van der Waals surface area (Å²) >= 11 is 6.06. The molecule has 4 rings (SSSR count). The van der Waals surface area contributed by atoms with Crippen LogP contribution in [0.15, 0.2) is 47.3 Å². The number of hydrogen-bond donors (Lipinski definition) is 1. The first kappa shape index (κ1) is 14.3. The molecule has 2 aromatic carbocycles. The predicted molar refractivity (Wildman–Crippen MR) is 95.5 cm³/mol. The van der Waals surface area contributed by atoms with Crippen molar-refractivity contribution in [2.75, 3.05) is 11.4 Å². The van der Waals surface area contributed by atoms with Crippen molar-refractivity contribution in [2.45, 2.75) is 19.9 Å². The fourth-order valence-corrected chi connectivity index (χ4v) is 3.62. The lowest BCUT2D eigenvalue weighted by Gasteiger charge is -2.21. The number of aryl methyl sites for hydroxylation is 1. The minimum Gasteiger partial charge on any atom is -0.367 e. The van der Waals surface area contributed by atoms with E-state index in [1.807, 2.05) is 19.1 Å². The molecule has 0 radical (unpaired) electrons. The Labute approximate surface area is 139 Å². The van der Waals surface area contributed by atoms with Crippen LogP contribution in [0.2, 0.25) is 5.02 Å². The molecular weight excluding hydrogens is 308 g/mol. The summed E-state index contributed by atoms with van der Waals surface area (Å²) in [4.78, 5) is 17.6. The summed E-state index contributed by atoms with van der Waals surface area (Å²) < 4.78 is 0. The Kier molecular flexibility index (Phi) is 3.38. The van der Waals surface area contributed by atoms with Crippen molar-refractivity contribution in [3.63, 3.8) is 0 Å². The second-order valence-corrected chi connectivity index (χ2v) is 6.48. The Bertz CT molecular complexity index is 961. The third-order valence-electron chi connectivity index (χ3n) is 4.64. The zero-order valence-electron chi connectivity index (χ0n) is 12.9. The summed E-state index contributed by atoms with van der Waals surface area (Å²) in [6, 6.07) is 14.1. The van der Waals surface area contributed by atoms with Gasteiger partial charge in [0.15, 0.2) is 0 Å². The lowest BCUT2D eigenvalue weighted by atomic mass is 10.0. The van der Waals surface area contributed by atoms with Gasteiger partial charge in [0, 0.05) is 34.9 Å². The van der Waals surface area contributed by atoms with Gasteiger partial charge in [-0.1, -0.05) is 35.9 Å². The van der Waals surface area contributed by atoms with E-state index in [1.54, 1.807) is 6.07 Å². The predicted octanol–water partition coefficient (Wildman–Crippen LogP) is 4.05. The van der Waals surface area contributed by atoms with Crippen molar-refractivity contribution >= 4 is 28.1 Å². The Morgan fingerprint density at radius 1 is 1.17 bits per heavy atom. The van der Waals surface area contributed by atoms with Crippen LogP contribution in [0.1, 0.15) is 16.8 Å². The second kappa shape index (κ2) is 5.43. The molecule has 0 saturated carbocycles. The SMILES string of the molecule is Cc1[nH]c(=O)c2cc(Cl)ccc2c1CN1CCc2ccccc21. The number of benzene rings is 2. The lowest BCUT2D eigenvalue weighted by Crippen LogP contribution is -2.22. The molecule has 1 N–H and O–H groups in total. The molecule has 0 aliphatic carbocycles. The number of halogens is 1. The summed E-state index contributed by atoms with van der Waals surface area (Å²) in [5.74, 6) is 0. The van der Waals surface area contributed by atoms with Crippen LogP contribution in [0.5, 0.6) is 0 Å². The van der Waals surface area contributed by atoms with Gasteiger partial charge in [-0.15, -0.1) is 0 Å². The fourth-order valence-electron chi connectivity index (χ4n) is 3.45. The molecule has 1 aliphatic rings. The van der Waals surface area contributed by atoms with Gasteiger partial charge in [0.25, 0.3) is 5.56 Å².